The third-order valence-electron chi connectivity index (χ3n) is 3.96. The molecule has 1 saturated carbocycles. The van der Waals surface area contributed by atoms with Crippen molar-refractivity contribution in [1.82, 2.24) is 20.5 Å². The van der Waals surface area contributed by atoms with Gasteiger partial charge in [0.1, 0.15) is 4.34 Å². The van der Waals surface area contributed by atoms with Crippen LogP contribution in [0.5, 0.6) is 0 Å². The highest BCUT2D eigenvalue weighted by Gasteiger charge is 2.25. The number of hydrogen-bond acceptors (Lipinski definition) is 5. The van der Waals surface area contributed by atoms with Crippen molar-refractivity contribution >= 4 is 40.6 Å². The summed E-state index contributed by atoms with van der Waals surface area (Å²) in [6, 6.07) is 0.199. The zero-order valence-electron chi connectivity index (χ0n) is 13.1. The first-order chi connectivity index (χ1) is 11.0. The van der Waals surface area contributed by atoms with Crippen LogP contribution in [0.4, 0.5) is 0 Å². The van der Waals surface area contributed by atoms with Crippen LogP contribution in [0, 0.1) is 13.8 Å². The van der Waals surface area contributed by atoms with E-state index in [9.17, 15) is 4.79 Å². The summed E-state index contributed by atoms with van der Waals surface area (Å²) >= 11 is 9.65. The van der Waals surface area contributed by atoms with Gasteiger partial charge in [0.15, 0.2) is 5.69 Å². The average molecular weight is 371 g/mol. The molecular weight excluding hydrogens is 352 g/mol. The summed E-state index contributed by atoms with van der Waals surface area (Å²) in [7, 11) is 0. The van der Waals surface area contributed by atoms with Crippen LogP contribution in [-0.4, -0.2) is 32.4 Å². The first kappa shape index (κ1) is 16.8. The number of carbonyl (C=O) groups is 1. The minimum Gasteiger partial charge on any atom is -0.348 e. The minimum absolute atomic E-state index is 0.189. The van der Waals surface area contributed by atoms with Crippen molar-refractivity contribution in [3.05, 3.63) is 27.5 Å². The molecule has 23 heavy (non-hydrogen) atoms. The minimum atomic E-state index is -0.189. The van der Waals surface area contributed by atoms with Crippen molar-refractivity contribution < 1.29 is 4.79 Å². The lowest BCUT2D eigenvalue weighted by atomic mass is 9.95. The maximum absolute atomic E-state index is 12.2. The highest BCUT2D eigenvalue weighted by Crippen LogP contribution is 2.35. The summed E-state index contributed by atoms with van der Waals surface area (Å²) < 4.78 is 1.15. The number of thioether (sulfide) groups is 1. The molecule has 1 aliphatic rings. The second-order valence-electron chi connectivity index (χ2n) is 5.83. The molecule has 0 radical (unpaired) electrons. The van der Waals surface area contributed by atoms with E-state index in [1.165, 1.54) is 0 Å². The number of thiazole rings is 1. The molecule has 2 N–H and O–H groups in total. The van der Waals surface area contributed by atoms with E-state index in [-0.39, 0.29) is 11.9 Å². The molecule has 2 aromatic rings. The van der Waals surface area contributed by atoms with E-state index < -0.39 is 0 Å². The maximum atomic E-state index is 12.2. The van der Waals surface area contributed by atoms with Crippen LogP contribution in [0.15, 0.2) is 9.72 Å². The number of amides is 1. The highest BCUT2D eigenvalue weighted by molar-refractivity contribution is 8.01. The standard InChI is InChI=1S/C15H19ClN4OS2/c1-8-7-22-15(17-8)23-11-5-3-10(4-6-11)18-14(21)13-12(16)9(2)19-20-13/h7,10-11H,3-6H2,1-2H3,(H,18,21)(H,19,20). The molecule has 2 aromatic heterocycles. The zero-order chi connectivity index (χ0) is 16.4. The van der Waals surface area contributed by atoms with E-state index in [1.54, 1.807) is 18.3 Å². The van der Waals surface area contributed by atoms with E-state index in [0.29, 0.717) is 16.0 Å². The largest absolute Gasteiger partial charge is 0.348 e. The average Bonchev–Trinajstić information content (AvgIpc) is 3.08. The molecule has 0 aromatic carbocycles. The van der Waals surface area contributed by atoms with E-state index in [2.05, 4.69) is 25.9 Å². The van der Waals surface area contributed by atoms with Gasteiger partial charge in [0.2, 0.25) is 0 Å². The number of halogens is 1. The third-order valence-corrected chi connectivity index (χ3v) is 6.85. The Morgan fingerprint density at radius 2 is 2.13 bits per heavy atom. The van der Waals surface area contributed by atoms with E-state index in [1.807, 2.05) is 18.7 Å². The van der Waals surface area contributed by atoms with Gasteiger partial charge in [-0.3, -0.25) is 9.89 Å². The molecule has 0 atom stereocenters. The lowest BCUT2D eigenvalue weighted by Crippen LogP contribution is -2.38. The zero-order valence-corrected chi connectivity index (χ0v) is 15.4. The van der Waals surface area contributed by atoms with Crippen LogP contribution < -0.4 is 5.32 Å². The fourth-order valence-corrected chi connectivity index (χ4v) is 5.13. The van der Waals surface area contributed by atoms with Crippen LogP contribution in [-0.2, 0) is 0 Å². The second kappa shape index (κ2) is 7.23. The van der Waals surface area contributed by atoms with Gasteiger partial charge in [-0.15, -0.1) is 11.3 Å². The van der Waals surface area contributed by atoms with Crippen LogP contribution in [0.25, 0.3) is 0 Å². The van der Waals surface area contributed by atoms with Crippen LogP contribution in [0.3, 0.4) is 0 Å². The molecule has 2 heterocycles. The summed E-state index contributed by atoms with van der Waals surface area (Å²) in [5, 5.41) is 12.8. The predicted octanol–water partition coefficient (Wildman–Crippen LogP) is 3.97. The second-order valence-corrected chi connectivity index (χ2v) is 8.61. The maximum Gasteiger partial charge on any atom is 0.273 e. The Labute approximate surface area is 148 Å². The number of carbonyl (C=O) groups excluding carboxylic acids is 1. The van der Waals surface area contributed by atoms with Gasteiger partial charge in [0, 0.05) is 22.4 Å². The predicted molar refractivity (Wildman–Crippen MR) is 94.6 cm³/mol. The number of aromatic amines is 1. The Hall–Kier alpha value is -1.05. The van der Waals surface area contributed by atoms with Crippen molar-refractivity contribution in [2.24, 2.45) is 0 Å². The van der Waals surface area contributed by atoms with E-state index >= 15 is 0 Å². The molecule has 0 spiro atoms. The monoisotopic (exact) mass is 370 g/mol. The van der Waals surface area contributed by atoms with Crippen LogP contribution in [0.2, 0.25) is 5.02 Å². The molecule has 1 amide bonds. The van der Waals surface area contributed by atoms with Gasteiger partial charge in [-0.05, 0) is 39.5 Å². The number of rotatable bonds is 4. The molecule has 5 nitrogen and oxygen atoms in total. The Kier molecular flexibility index (Phi) is 5.28. The molecule has 0 aliphatic heterocycles. The van der Waals surface area contributed by atoms with Crippen molar-refractivity contribution in [3.8, 4) is 0 Å². The summed E-state index contributed by atoms with van der Waals surface area (Å²) in [5.74, 6) is -0.189. The van der Waals surface area contributed by atoms with Crippen LogP contribution >= 0.6 is 34.7 Å². The molecule has 0 bridgehead atoms. The van der Waals surface area contributed by atoms with Crippen molar-refractivity contribution in [2.45, 2.75) is 55.2 Å². The topological polar surface area (TPSA) is 70.7 Å². The first-order valence-corrected chi connectivity index (χ1v) is 9.76. The third kappa shape index (κ3) is 4.08. The number of aryl methyl sites for hydroxylation is 2. The van der Waals surface area contributed by atoms with Crippen LogP contribution in [0.1, 0.15) is 47.6 Å². The molecule has 1 fully saturated rings. The number of nitrogens with zero attached hydrogens (tertiary/aromatic N) is 2. The summed E-state index contributed by atoms with van der Waals surface area (Å²) in [6.45, 7) is 3.82. The number of aromatic nitrogens is 3. The van der Waals surface area contributed by atoms with E-state index in [0.717, 1.165) is 41.4 Å². The normalized spacial score (nSPS) is 21.3. The summed E-state index contributed by atoms with van der Waals surface area (Å²) in [5.41, 5.74) is 2.10. The van der Waals surface area contributed by atoms with Crippen molar-refractivity contribution in [2.75, 3.05) is 0 Å². The number of H-pyrrole nitrogens is 1. The molecular formula is C15H19ClN4OS2. The molecule has 0 unspecified atom stereocenters. The lowest BCUT2D eigenvalue weighted by molar-refractivity contribution is 0.0923. The molecule has 124 valence electrons. The Morgan fingerprint density at radius 3 is 2.70 bits per heavy atom. The van der Waals surface area contributed by atoms with Gasteiger partial charge in [0.05, 0.1) is 10.7 Å². The molecule has 8 heteroatoms. The number of hydrogen-bond donors (Lipinski definition) is 2. The van der Waals surface area contributed by atoms with Gasteiger partial charge in [0.25, 0.3) is 5.91 Å². The SMILES string of the molecule is Cc1csc(SC2CCC(NC(=O)c3n[nH]c(C)c3Cl)CC2)n1. The van der Waals surface area contributed by atoms with Gasteiger partial charge in [-0.2, -0.15) is 5.10 Å². The fourth-order valence-electron chi connectivity index (χ4n) is 2.67. The summed E-state index contributed by atoms with van der Waals surface area (Å²) in [6.07, 6.45) is 4.13. The lowest BCUT2D eigenvalue weighted by Gasteiger charge is -2.28. The van der Waals surface area contributed by atoms with Gasteiger partial charge in [-0.25, -0.2) is 4.98 Å². The van der Waals surface area contributed by atoms with Crippen molar-refractivity contribution in [1.29, 1.82) is 0 Å². The Morgan fingerprint density at radius 1 is 1.39 bits per heavy atom. The fraction of sp³-hybridized carbons (Fsp3) is 0.533. The molecule has 3 rings (SSSR count). The molecule has 0 saturated heterocycles. The highest BCUT2D eigenvalue weighted by atomic mass is 35.5. The smallest absolute Gasteiger partial charge is 0.273 e. The van der Waals surface area contributed by atoms with Gasteiger partial charge < -0.3 is 5.32 Å². The molecule has 1 aliphatic carbocycles. The van der Waals surface area contributed by atoms with Crippen molar-refractivity contribution in [3.63, 3.8) is 0 Å². The van der Waals surface area contributed by atoms with E-state index in [4.69, 9.17) is 11.6 Å². The Bertz CT molecular complexity index is 691. The summed E-state index contributed by atoms with van der Waals surface area (Å²) in [4.78, 5) is 16.7. The Balaban J connectivity index is 1.49. The van der Waals surface area contributed by atoms with Gasteiger partial charge in [-0.1, -0.05) is 23.4 Å². The quantitative estimate of drug-likeness (QED) is 0.854. The first-order valence-electron chi connectivity index (χ1n) is 7.63. The van der Waals surface area contributed by atoms with Gasteiger partial charge >= 0.3 is 0 Å². The number of nitrogens with one attached hydrogen (secondary N) is 2.